The van der Waals surface area contributed by atoms with Crippen LogP contribution in [0.3, 0.4) is 0 Å². The molecule has 2 amide bonds. The molecule has 5 nitrogen and oxygen atoms in total. The smallest absolute Gasteiger partial charge is 0.263 e. The number of nitrogens with one attached hydrogen (secondary N) is 1. The lowest BCUT2D eigenvalue weighted by Gasteiger charge is -2.15. The summed E-state index contributed by atoms with van der Waals surface area (Å²) >= 11 is 1.42. The van der Waals surface area contributed by atoms with Gasteiger partial charge in [0.25, 0.3) is 11.8 Å². The fourth-order valence-corrected chi connectivity index (χ4v) is 3.80. The van der Waals surface area contributed by atoms with E-state index in [1.165, 1.54) is 11.3 Å². The third-order valence-corrected chi connectivity index (χ3v) is 5.81. The number of carbonyl (C=O) groups is 2. The molecule has 1 saturated heterocycles. The lowest BCUT2D eigenvalue weighted by Crippen LogP contribution is -2.28. The molecule has 1 aromatic carbocycles. The Balaban J connectivity index is 1.62. The van der Waals surface area contributed by atoms with E-state index in [1.54, 1.807) is 6.20 Å². The molecule has 0 bridgehead atoms. The van der Waals surface area contributed by atoms with E-state index in [0.717, 1.165) is 36.5 Å². The summed E-state index contributed by atoms with van der Waals surface area (Å²) in [6.07, 6.45) is 3.79. The Kier molecular flexibility index (Phi) is 5.41. The highest BCUT2D eigenvalue weighted by molar-refractivity contribution is 7.13. The summed E-state index contributed by atoms with van der Waals surface area (Å²) in [5, 5.41) is 3.87. The quantitative estimate of drug-likeness (QED) is 0.893. The second kappa shape index (κ2) is 7.58. The van der Waals surface area contributed by atoms with Crippen molar-refractivity contribution in [3.8, 4) is 0 Å². The highest BCUT2D eigenvalue weighted by atomic mass is 32.1. The zero-order chi connectivity index (χ0) is 18.7. The summed E-state index contributed by atoms with van der Waals surface area (Å²) in [7, 11) is 0. The van der Waals surface area contributed by atoms with Crippen molar-refractivity contribution >= 4 is 23.2 Å². The Morgan fingerprint density at radius 2 is 1.96 bits per heavy atom. The number of hydrogen-bond acceptors (Lipinski definition) is 4. The molecule has 1 aliphatic heterocycles. The number of carbonyl (C=O) groups excluding carboxylic acids is 2. The second-order valence-electron chi connectivity index (χ2n) is 7.66. The van der Waals surface area contributed by atoms with Gasteiger partial charge >= 0.3 is 0 Å². The van der Waals surface area contributed by atoms with Crippen LogP contribution < -0.4 is 5.32 Å². The largest absolute Gasteiger partial charge is 0.347 e. The van der Waals surface area contributed by atoms with Crippen LogP contribution in [0.25, 0.3) is 0 Å². The van der Waals surface area contributed by atoms with Crippen molar-refractivity contribution in [2.75, 3.05) is 13.1 Å². The summed E-state index contributed by atoms with van der Waals surface area (Å²) in [5.41, 5.74) is 1.54. The predicted molar refractivity (Wildman–Crippen MR) is 104 cm³/mol. The molecule has 0 radical (unpaired) electrons. The van der Waals surface area contributed by atoms with Crippen LogP contribution in [0.2, 0.25) is 0 Å². The Hall–Kier alpha value is -2.21. The van der Waals surface area contributed by atoms with Crippen molar-refractivity contribution in [2.24, 2.45) is 0 Å². The number of nitrogens with zero attached hydrogens (tertiary/aromatic N) is 2. The molecule has 1 fully saturated rings. The number of thiazole rings is 1. The molecule has 0 aliphatic carbocycles. The maximum Gasteiger partial charge on any atom is 0.263 e. The van der Waals surface area contributed by atoms with Crippen LogP contribution in [-0.2, 0) is 12.0 Å². The van der Waals surface area contributed by atoms with Gasteiger partial charge in [-0.1, -0.05) is 32.9 Å². The minimum Gasteiger partial charge on any atom is -0.347 e. The minimum absolute atomic E-state index is 0.0620. The van der Waals surface area contributed by atoms with Crippen molar-refractivity contribution in [1.29, 1.82) is 0 Å². The van der Waals surface area contributed by atoms with E-state index in [-0.39, 0.29) is 17.2 Å². The summed E-state index contributed by atoms with van der Waals surface area (Å²) < 4.78 is 0. The molecule has 1 N–H and O–H groups in total. The first-order valence-electron chi connectivity index (χ1n) is 8.97. The topological polar surface area (TPSA) is 62.3 Å². The first-order chi connectivity index (χ1) is 12.3. The molecule has 0 unspecified atom stereocenters. The van der Waals surface area contributed by atoms with Crippen LogP contribution in [0, 0.1) is 0 Å². The Morgan fingerprint density at radius 1 is 1.23 bits per heavy atom. The number of likely N-dealkylation sites (tertiary alicyclic amines) is 1. The van der Waals surface area contributed by atoms with Gasteiger partial charge in [0, 0.05) is 30.6 Å². The van der Waals surface area contributed by atoms with Crippen molar-refractivity contribution in [3.05, 3.63) is 51.5 Å². The van der Waals surface area contributed by atoms with Crippen LogP contribution in [0.1, 0.15) is 64.2 Å². The third kappa shape index (κ3) is 4.30. The highest BCUT2D eigenvalue weighted by Gasteiger charge is 2.21. The van der Waals surface area contributed by atoms with Gasteiger partial charge in [-0.05, 0) is 30.5 Å². The van der Waals surface area contributed by atoms with Gasteiger partial charge in [0.2, 0.25) is 0 Å². The number of rotatable bonds is 4. The van der Waals surface area contributed by atoms with E-state index >= 15 is 0 Å². The van der Waals surface area contributed by atoms with Gasteiger partial charge in [0.1, 0.15) is 4.88 Å². The monoisotopic (exact) mass is 371 g/mol. The third-order valence-electron chi connectivity index (χ3n) is 4.39. The molecule has 0 saturated carbocycles. The average Bonchev–Trinajstić information content (AvgIpc) is 3.30. The minimum atomic E-state index is -0.130. The van der Waals surface area contributed by atoms with E-state index in [9.17, 15) is 9.59 Å². The second-order valence-corrected chi connectivity index (χ2v) is 8.69. The molecular formula is C20H25N3O2S. The van der Waals surface area contributed by atoms with E-state index in [2.05, 4.69) is 31.1 Å². The van der Waals surface area contributed by atoms with Crippen LogP contribution in [0.5, 0.6) is 0 Å². The van der Waals surface area contributed by atoms with Crippen LogP contribution >= 0.6 is 11.3 Å². The SMILES string of the molecule is CC(C)(C)c1ncc(C(=O)NCc2cccc(C(=O)N3CCCC3)c2)s1. The zero-order valence-corrected chi connectivity index (χ0v) is 16.4. The molecular weight excluding hydrogens is 346 g/mol. The van der Waals surface area contributed by atoms with Crippen molar-refractivity contribution < 1.29 is 9.59 Å². The number of benzene rings is 1. The molecule has 6 heteroatoms. The average molecular weight is 372 g/mol. The maximum atomic E-state index is 12.5. The van der Waals surface area contributed by atoms with Gasteiger partial charge in [-0.2, -0.15) is 0 Å². The van der Waals surface area contributed by atoms with Crippen LogP contribution in [0.4, 0.5) is 0 Å². The van der Waals surface area contributed by atoms with Crippen LogP contribution in [-0.4, -0.2) is 34.8 Å². The lowest BCUT2D eigenvalue weighted by molar-refractivity contribution is 0.0792. The van der Waals surface area contributed by atoms with Gasteiger partial charge in [-0.15, -0.1) is 11.3 Å². The fourth-order valence-electron chi connectivity index (χ4n) is 2.91. The standard InChI is InChI=1S/C20H25N3O2S/c1-20(2,3)19-22-13-16(26-19)17(24)21-12-14-7-6-8-15(11-14)18(25)23-9-4-5-10-23/h6-8,11,13H,4-5,9-10,12H2,1-3H3,(H,21,24). The zero-order valence-electron chi connectivity index (χ0n) is 15.5. The van der Waals surface area contributed by atoms with E-state index < -0.39 is 0 Å². The molecule has 2 heterocycles. The van der Waals surface area contributed by atoms with Gasteiger partial charge in [-0.3, -0.25) is 9.59 Å². The molecule has 138 valence electrons. The molecule has 1 aromatic heterocycles. The van der Waals surface area contributed by atoms with Crippen molar-refractivity contribution in [2.45, 2.75) is 45.6 Å². The normalized spacial score (nSPS) is 14.5. The Bertz CT molecular complexity index is 801. The van der Waals surface area contributed by atoms with Gasteiger partial charge in [0.05, 0.1) is 11.2 Å². The van der Waals surface area contributed by atoms with E-state index in [1.807, 2.05) is 29.2 Å². The Labute approximate surface area is 158 Å². The molecule has 26 heavy (non-hydrogen) atoms. The first-order valence-corrected chi connectivity index (χ1v) is 9.79. The Morgan fingerprint density at radius 3 is 2.62 bits per heavy atom. The van der Waals surface area contributed by atoms with Gasteiger partial charge in [-0.25, -0.2) is 4.98 Å². The van der Waals surface area contributed by atoms with E-state index in [0.29, 0.717) is 17.0 Å². The summed E-state index contributed by atoms with van der Waals surface area (Å²) in [6, 6.07) is 7.50. The predicted octanol–water partition coefficient (Wildman–Crippen LogP) is 3.61. The number of hydrogen-bond donors (Lipinski definition) is 1. The maximum absolute atomic E-state index is 12.5. The molecule has 2 aromatic rings. The van der Waals surface area contributed by atoms with Crippen molar-refractivity contribution in [3.63, 3.8) is 0 Å². The first kappa shape index (κ1) is 18.6. The summed E-state index contributed by atoms with van der Waals surface area (Å²) in [5.74, 6) is -0.0535. The summed E-state index contributed by atoms with van der Waals surface area (Å²) in [4.78, 5) is 31.7. The molecule has 0 atom stereocenters. The number of amides is 2. The fraction of sp³-hybridized carbons (Fsp3) is 0.450. The number of aromatic nitrogens is 1. The summed E-state index contributed by atoms with van der Waals surface area (Å²) in [6.45, 7) is 8.30. The lowest BCUT2D eigenvalue weighted by atomic mass is 9.98. The van der Waals surface area contributed by atoms with E-state index in [4.69, 9.17) is 0 Å². The molecule has 1 aliphatic rings. The van der Waals surface area contributed by atoms with Gasteiger partial charge in [0.15, 0.2) is 0 Å². The highest BCUT2D eigenvalue weighted by Crippen LogP contribution is 2.26. The van der Waals surface area contributed by atoms with Crippen LogP contribution in [0.15, 0.2) is 30.5 Å². The molecule has 0 spiro atoms. The van der Waals surface area contributed by atoms with Crippen molar-refractivity contribution in [1.82, 2.24) is 15.2 Å². The van der Waals surface area contributed by atoms with Gasteiger partial charge < -0.3 is 10.2 Å². The molecule has 3 rings (SSSR count).